The number of nitrogens with one attached hydrogen (secondary N) is 1. The number of pyridine rings is 2. The van der Waals surface area contributed by atoms with E-state index in [0.29, 0.717) is 45.1 Å². The number of carbonyl (C=O) groups excluding carboxylic acids is 4. The van der Waals surface area contributed by atoms with Gasteiger partial charge in [0.25, 0.3) is 17.4 Å². The van der Waals surface area contributed by atoms with Crippen molar-refractivity contribution in [3.63, 3.8) is 0 Å². The molecule has 0 fully saturated rings. The lowest BCUT2D eigenvalue weighted by molar-refractivity contribution is -0.137. The van der Waals surface area contributed by atoms with Crippen molar-refractivity contribution < 1.29 is 38.1 Å². The predicted octanol–water partition coefficient (Wildman–Crippen LogP) is 2.23. The Morgan fingerprint density at radius 2 is 1.69 bits per heavy atom. The summed E-state index contributed by atoms with van der Waals surface area (Å²) >= 11 is 0. The Bertz CT molecular complexity index is 1980. The molecule has 4 heterocycles. The van der Waals surface area contributed by atoms with Crippen LogP contribution < -0.4 is 29.8 Å². The molecule has 0 unspecified atom stereocenters. The van der Waals surface area contributed by atoms with Crippen LogP contribution in [-0.4, -0.2) is 83.8 Å². The number of nitrogens with zero attached hydrogens (tertiary/aromatic N) is 4. The highest BCUT2D eigenvalue weighted by atomic mass is 16.7. The Morgan fingerprint density at radius 3 is 2.42 bits per heavy atom. The standard InChI is InChI=1S/C31H29N5O9/c1-34(10-8-32-26(37)5-4-9-36-27(38)6-7-28(36)39)31(41)45-25-12-18-17(11-22(25)42-3)20-15-33-21-14-24-23(43-16-44-24)13-19(21)29(20)35(2)30(18)40/h6-7,11-15H,4-5,8-10,16H2,1-3H3,(H,32,37). The second-order valence-corrected chi connectivity index (χ2v) is 10.6. The molecule has 0 aliphatic carbocycles. The van der Waals surface area contributed by atoms with Crippen LogP contribution in [0.15, 0.2) is 47.4 Å². The summed E-state index contributed by atoms with van der Waals surface area (Å²) < 4.78 is 23.7. The molecule has 0 saturated carbocycles. The first-order chi connectivity index (χ1) is 21.7. The maximum Gasteiger partial charge on any atom is 0.415 e. The summed E-state index contributed by atoms with van der Waals surface area (Å²) in [4.78, 5) is 68.8. The Morgan fingerprint density at radius 1 is 0.978 bits per heavy atom. The van der Waals surface area contributed by atoms with E-state index in [4.69, 9.17) is 18.9 Å². The molecule has 0 spiro atoms. The van der Waals surface area contributed by atoms with Gasteiger partial charge in [0.15, 0.2) is 23.0 Å². The number of methoxy groups -OCH3 is 1. The lowest BCUT2D eigenvalue weighted by Gasteiger charge is -2.19. The van der Waals surface area contributed by atoms with Crippen LogP contribution in [0.25, 0.3) is 32.6 Å². The molecule has 2 aromatic heterocycles. The highest BCUT2D eigenvalue weighted by Gasteiger charge is 2.24. The lowest BCUT2D eigenvalue weighted by atomic mass is 10.0. The highest BCUT2D eigenvalue weighted by Crippen LogP contribution is 2.40. The van der Waals surface area contributed by atoms with Gasteiger partial charge in [0, 0.05) is 80.7 Å². The molecule has 2 aliphatic rings. The summed E-state index contributed by atoms with van der Waals surface area (Å²) in [5.41, 5.74) is 0.985. The number of aromatic nitrogens is 2. The van der Waals surface area contributed by atoms with Gasteiger partial charge in [-0.3, -0.25) is 29.1 Å². The molecule has 2 aliphatic heterocycles. The molecule has 45 heavy (non-hydrogen) atoms. The first kappa shape index (κ1) is 29.4. The number of hydrogen-bond donors (Lipinski definition) is 1. The number of benzene rings is 2. The summed E-state index contributed by atoms with van der Waals surface area (Å²) in [5, 5.41) is 4.99. The maximum absolute atomic E-state index is 13.6. The van der Waals surface area contributed by atoms with Crippen LogP contribution in [0.5, 0.6) is 23.0 Å². The van der Waals surface area contributed by atoms with Crippen LogP contribution in [0.1, 0.15) is 12.8 Å². The fraction of sp³-hybridized carbons (Fsp3) is 0.290. The number of hydrogen-bond acceptors (Lipinski definition) is 10. The summed E-state index contributed by atoms with van der Waals surface area (Å²) in [7, 11) is 4.60. The number of amides is 4. The van der Waals surface area contributed by atoms with Crippen molar-refractivity contribution in [2.45, 2.75) is 12.8 Å². The third-order valence-electron chi connectivity index (χ3n) is 7.76. The molecule has 0 atom stereocenters. The third-order valence-corrected chi connectivity index (χ3v) is 7.76. The molecule has 0 bridgehead atoms. The second kappa shape index (κ2) is 11.8. The van der Waals surface area contributed by atoms with Crippen LogP contribution in [0.2, 0.25) is 0 Å². The average Bonchev–Trinajstić information content (AvgIpc) is 3.62. The Balaban J connectivity index is 1.15. The van der Waals surface area contributed by atoms with Crippen molar-refractivity contribution in [2.24, 2.45) is 7.05 Å². The van der Waals surface area contributed by atoms with Crippen molar-refractivity contribution >= 4 is 56.4 Å². The number of fused-ring (bicyclic) bond motifs is 6. The smallest absolute Gasteiger partial charge is 0.415 e. The quantitative estimate of drug-likeness (QED) is 0.219. The van der Waals surface area contributed by atoms with E-state index < -0.39 is 17.9 Å². The molecule has 2 aromatic carbocycles. The Hall–Kier alpha value is -5.66. The zero-order chi connectivity index (χ0) is 31.8. The van der Waals surface area contributed by atoms with Crippen LogP contribution >= 0.6 is 0 Å². The van der Waals surface area contributed by atoms with Crippen molar-refractivity contribution in [3.8, 4) is 23.0 Å². The van der Waals surface area contributed by atoms with Gasteiger partial charge in [0.1, 0.15) is 0 Å². The zero-order valence-corrected chi connectivity index (χ0v) is 24.7. The molecule has 14 nitrogen and oxygen atoms in total. The average molecular weight is 616 g/mol. The summed E-state index contributed by atoms with van der Waals surface area (Å²) in [6.07, 6.45) is 3.78. The lowest BCUT2D eigenvalue weighted by Crippen LogP contribution is -2.38. The molecule has 232 valence electrons. The van der Waals surface area contributed by atoms with Crippen molar-refractivity contribution in [3.05, 3.63) is 53.0 Å². The predicted molar refractivity (Wildman–Crippen MR) is 161 cm³/mol. The van der Waals surface area contributed by atoms with E-state index in [2.05, 4.69) is 10.3 Å². The van der Waals surface area contributed by atoms with Crippen molar-refractivity contribution in [1.29, 1.82) is 0 Å². The van der Waals surface area contributed by atoms with Gasteiger partial charge in [0.2, 0.25) is 12.7 Å². The maximum atomic E-state index is 13.6. The number of ether oxygens (including phenoxy) is 4. The topological polar surface area (TPSA) is 159 Å². The van der Waals surface area contributed by atoms with E-state index in [9.17, 15) is 24.0 Å². The van der Waals surface area contributed by atoms with E-state index >= 15 is 0 Å². The van der Waals surface area contributed by atoms with Gasteiger partial charge < -0.3 is 33.7 Å². The molecule has 1 N–H and O–H groups in total. The molecular formula is C31H29N5O9. The fourth-order valence-electron chi connectivity index (χ4n) is 5.37. The first-order valence-corrected chi connectivity index (χ1v) is 14.1. The minimum atomic E-state index is -0.721. The van der Waals surface area contributed by atoms with E-state index in [1.165, 1.54) is 41.8 Å². The highest BCUT2D eigenvalue weighted by molar-refractivity contribution is 6.15. The molecular weight excluding hydrogens is 586 g/mol. The van der Waals surface area contributed by atoms with Crippen LogP contribution in [0, 0.1) is 0 Å². The summed E-state index contributed by atoms with van der Waals surface area (Å²) in [5.74, 6) is 0.384. The SMILES string of the molecule is COc1cc2c(cc1OC(=O)N(C)CCNC(=O)CCCN1C(=O)C=CC1=O)c(=O)n(C)c1c3cc4c(cc3ncc21)OCO4. The molecule has 4 amide bonds. The first-order valence-electron chi connectivity index (χ1n) is 14.1. The van der Waals surface area contributed by atoms with Gasteiger partial charge in [-0.15, -0.1) is 0 Å². The number of imide groups is 1. The molecule has 4 aromatic rings. The summed E-state index contributed by atoms with van der Waals surface area (Å²) in [6.45, 7) is 0.544. The van der Waals surface area contributed by atoms with Crippen molar-refractivity contribution in [1.82, 2.24) is 24.7 Å². The summed E-state index contributed by atoms with van der Waals surface area (Å²) in [6, 6.07) is 6.69. The third kappa shape index (κ3) is 5.46. The molecule has 0 saturated heterocycles. The molecule has 0 radical (unpaired) electrons. The van der Waals surface area contributed by atoms with Crippen LogP contribution in [0.3, 0.4) is 0 Å². The second-order valence-electron chi connectivity index (χ2n) is 10.6. The monoisotopic (exact) mass is 615 g/mol. The molecule has 14 heteroatoms. The van der Waals surface area contributed by atoms with Crippen LogP contribution in [0.4, 0.5) is 4.79 Å². The zero-order valence-electron chi connectivity index (χ0n) is 24.7. The minimum absolute atomic E-state index is 0.0555. The van der Waals surface area contributed by atoms with Gasteiger partial charge in [-0.25, -0.2) is 4.79 Å². The van der Waals surface area contributed by atoms with Gasteiger partial charge in [-0.05, 0) is 24.6 Å². The van der Waals surface area contributed by atoms with Gasteiger partial charge >= 0.3 is 6.09 Å². The normalized spacial score (nSPS) is 13.7. The Kier molecular flexibility index (Phi) is 7.71. The van der Waals surface area contributed by atoms with Gasteiger partial charge in [0.05, 0.1) is 23.5 Å². The van der Waals surface area contributed by atoms with Gasteiger partial charge in [-0.1, -0.05) is 0 Å². The number of likely N-dealkylation sites (N-methyl/N-ethyl adjacent to an activating group) is 1. The number of rotatable bonds is 9. The Labute approximate surface area is 255 Å². The number of carbonyl (C=O) groups is 4. The van der Waals surface area contributed by atoms with Gasteiger partial charge in [-0.2, -0.15) is 0 Å². The van der Waals surface area contributed by atoms with E-state index in [1.807, 2.05) is 0 Å². The molecule has 6 rings (SSSR count). The fourth-order valence-corrected chi connectivity index (χ4v) is 5.37. The van der Waals surface area contributed by atoms with E-state index in [1.54, 1.807) is 31.4 Å². The van der Waals surface area contributed by atoms with Crippen LogP contribution in [-0.2, 0) is 21.4 Å². The largest absolute Gasteiger partial charge is 0.493 e. The minimum Gasteiger partial charge on any atom is -0.493 e. The van der Waals surface area contributed by atoms with E-state index in [-0.39, 0.29) is 55.8 Å². The number of aryl methyl sites for hydroxylation is 1. The van der Waals surface area contributed by atoms with Crippen molar-refractivity contribution in [2.75, 3.05) is 40.6 Å². The van der Waals surface area contributed by atoms with E-state index in [0.717, 1.165) is 10.3 Å².